The Kier molecular flexibility index (Phi) is 65.5. The molecule has 0 aliphatic rings. The standard InChI is InChI=1S/C75H146O17P2/c1-7-10-12-14-16-18-20-22-23-25-29-34-42-48-54-60-75(80)91-70(63-85-72(77)57-51-45-39-32-30-26-27-31-37-43-49-55-67(4)5)65-89-93(81,82)87-61-69(76)62-88-94(83,84)90-66-71(64-86-73(78)58-52-46-40-36-35-38-44-50-56-68(6)9-3)92-74(79)59-53-47-41-33-28-24-21-19-17-15-13-11-8-2/h67-71,76H,7-66H2,1-6H3,(H,81,82)(H,83,84)/t68?,69-,70-,71-/m1/s1. The molecule has 0 aromatic carbocycles. The van der Waals surface area contributed by atoms with Gasteiger partial charge in [-0.2, -0.15) is 0 Å². The minimum Gasteiger partial charge on any atom is -0.462 e. The van der Waals surface area contributed by atoms with E-state index in [1.54, 1.807) is 0 Å². The van der Waals surface area contributed by atoms with Crippen molar-refractivity contribution >= 4 is 39.5 Å². The molecule has 0 amide bonds. The Morgan fingerprint density at radius 1 is 0.309 bits per heavy atom. The fourth-order valence-corrected chi connectivity index (χ4v) is 13.0. The molecule has 94 heavy (non-hydrogen) atoms. The fraction of sp³-hybridized carbons (Fsp3) is 0.947. The molecule has 0 fully saturated rings. The van der Waals surface area contributed by atoms with Crippen LogP contribution in [0.2, 0.25) is 0 Å². The average molecular weight is 1380 g/mol. The van der Waals surface area contributed by atoms with E-state index in [0.717, 1.165) is 102 Å². The lowest BCUT2D eigenvalue weighted by molar-refractivity contribution is -0.161. The largest absolute Gasteiger partial charge is 0.472 e. The molecule has 0 bridgehead atoms. The Labute approximate surface area is 575 Å². The highest BCUT2D eigenvalue weighted by atomic mass is 31.2. The van der Waals surface area contributed by atoms with E-state index in [4.69, 9.17) is 37.0 Å². The van der Waals surface area contributed by atoms with Crippen LogP contribution in [0.3, 0.4) is 0 Å². The second-order valence-electron chi connectivity index (χ2n) is 27.8. The number of ether oxygens (including phenoxy) is 4. The molecule has 3 N–H and O–H groups in total. The Hall–Kier alpha value is -1.94. The van der Waals surface area contributed by atoms with Crippen molar-refractivity contribution in [1.82, 2.24) is 0 Å². The van der Waals surface area contributed by atoms with Crippen LogP contribution in [-0.4, -0.2) is 96.7 Å². The second kappa shape index (κ2) is 66.9. The number of rotatable bonds is 74. The van der Waals surface area contributed by atoms with E-state index in [9.17, 15) is 43.2 Å². The van der Waals surface area contributed by atoms with Crippen LogP contribution in [0.5, 0.6) is 0 Å². The third kappa shape index (κ3) is 67.3. The molecule has 17 nitrogen and oxygen atoms in total. The van der Waals surface area contributed by atoms with Crippen LogP contribution < -0.4 is 0 Å². The Bertz CT molecular complexity index is 1820. The number of phosphoric acid groups is 2. The minimum atomic E-state index is -4.96. The summed E-state index contributed by atoms with van der Waals surface area (Å²) in [7, 11) is -9.91. The predicted octanol–water partition coefficient (Wildman–Crippen LogP) is 21.9. The molecule has 0 aliphatic carbocycles. The Balaban J connectivity index is 5.27. The van der Waals surface area contributed by atoms with Gasteiger partial charge in [0.05, 0.1) is 26.4 Å². The smallest absolute Gasteiger partial charge is 0.462 e. The molecule has 6 atom stereocenters. The van der Waals surface area contributed by atoms with Gasteiger partial charge < -0.3 is 33.8 Å². The van der Waals surface area contributed by atoms with Crippen LogP contribution in [0.15, 0.2) is 0 Å². The lowest BCUT2D eigenvalue weighted by Crippen LogP contribution is -2.30. The molecule has 0 radical (unpaired) electrons. The van der Waals surface area contributed by atoms with Gasteiger partial charge in [0.25, 0.3) is 0 Å². The van der Waals surface area contributed by atoms with Crippen LogP contribution in [0.4, 0.5) is 0 Å². The highest BCUT2D eigenvalue weighted by Crippen LogP contribution is 2.45. The minimum absolute atomic E-state index is 0.107. The summed E-state index contributed by atoms with van der Waals surface area (Å²) in [5.41, 5.74) is 0. The summed E-state index contributed by atoms with van der Waals surface area (Å²) in [4.78, 5) is 72.8. The molecule has 0 saturated carbocycles. The number of carbonyl (C=O) groups is 4. The van der Waals surface area contributed by atoms with Gasteiger partial charge in [-0.1, -0.05) is 337 Å². The molecule has 19 heteroatoms. The summed E-state index contributed by atoms with van der Waals surface area (Å²) in [6, 6.07) is 0. The monoisotopic (exact) mass is 1380 g/mol. The molecule has 0 aromatic rings. The quantitative estimate of drug-likeness (QED) is 0.0222. The van der Waals surface area contributed by atoms with Crippen LogP contribution in [0.1, 0.15) is 388 Å². The predicted molar refractivity (Wildman–Crippen MR) is 381 cm³/mol. The van der Waals surface area contributed by atoms with Crippen molar-refractivity contribution in [3.63, 3.8) is 0 Å². The van der Waals surface area contributed by atoms with Crippen LogP contribution in [-0.2, 0) is 65.4 Å². The van der Waals surface area contributed by atoms with Crippen molar-refractivity contribution in [2.75, 3.05) is 39.6 Å². The SMILES string of the molecule is CCCCCCCCCCCCCCCCCC(=O)O[C@H](COC(=O)CCCCCCCCCCCCCC(C)C)COP(=O)(O)OC[C@@H](O)COP(=O)(O)OC[C@@H](COC(=O)CCCCCCCCCCC(C)CC)OC(=O)CCCCCCCCCCCCCCC. The van der Waals surface area contributed by atoms with Gasteiger partial charge in [0.15, 0.2) is 12.2 Å². The topological polar surface area (TPSA) is 237 Å². The van der Waals surface area contributed by atoms with E-state index in [0.29, 0.717) is 25.7 Å². The maximum absolute atomic E-state index is 13.1. The Morgan fingerprint density at radius 3 is 0.809 bits per heavy atom. The summed E-state index contributed by atoms with van der Waals surface area (Å²) in [6.45, 7) is 9.60. The van der Waals surface area contributed by atoms with Gasteiger partial charge >= 0.3 is 39.5 Å². The number of phosphoric ester groups is 2. The summed E-state index contributed by atoms with van der Waals surface area (Å²) < 4.78 is 68.5. The van der Waals surface area contributed by atoms with Gasteiger partial charge in [0.1, 0.15) is 19.3 Å². The third-order valence-electron chi connectivity index (χ3n) is 17.8. The summed E-state index contributed by atoms with van der Waals surface area (Å²) >= 11 is 0. The first-order valence-corrected chi connectivity index (χ1v) is 42.0. The summed E-state index contributed by atoms with van der Waals surface area (Å²) in [5, 5.41) is 10.6. The zero-order valence-electron chi connectivity index (χ0n) is 61.3. The molecule has 0 heterocycles. The van der Waals surface area contributed by atoms with E-state index in [1.165, 1.54) is 205 Å². The zero-order chi connectivity index (χ0) is 69.3. The van der Waals surface area contributed by atoms with E-state index < -0.39 is 97.5 Å². The molecular weight excluding hydrogens is 1230 g/mol. The number of esters is 4. The lowest BCUT2D eigenvalue weighted by atomic mass is 9.99. The number of carbonyl (C=O) groups excluding carboxylic acids is 4. The Morgan fingerprint density at radius 2 is 0.543 bits per heavy atom. The first kappa shape index (κ1) is 92.1. The van der Waals surface area contributed by atoms with Gasteiger partial charge in [-0.25, -0.2) is 9.13 Å². The van der Waals surface area contributed by atoms with Crippen LogP contribution >= 0.6 is 15.6 Å². The molecular formula is C75H146O17P2. The first-order chi connectivity index (χ1) is 45.4. The molecule has 0 saturated heterocycles. The van der Waals surface area contributed by atoms with Gasteiger partial charge in [0.2, 0.25) is 0 Å². The maximum atomic E-state index is 13.1. The van der Waals surface area contributed by atoms with Gasteiger partial charge in [-0.05, 0) is 37.5 Å². The van der Waals surface area contributed by atoms with Crippen LogP contribution in [0.25, 0.3) is 0 Å². The molecule has 0 rings (SSSR count). The van der Waals surface area contributed by atoms with E-state index in [-0.39, 0.29) is 25.7 Å². The highest BCUT2D eigenvalue weighted by molar-refractivity contribution is 7.47. The van der Waals surface area contributed by atoms with Gasteiger partial charge in [-0.3, -0.25) is 37.3 Å². The lowest BCUT2D eigenvalue weighted by Gasteiger charge is -2.21. The van der Waals surface area contributed by atoms with Crippen molar-refractivity contribution in [2.45, 2.75) is 407 Å². The van der Waals surface area contributed by atoms with Crippen molar-refractivity contribution in [3.05, 3.63) is 0 Å². The number of aliphatic hydroxyl groups excluding tert-OH is 1. The average Bonchev–Trinajstić information content (AvgIpc) is 1.16. The van der Waals surface area contributed by atoms with Crippen molar-refractivity contribution in [2.24, 2.45) is 11.8 Å². The van der Waals surface area contributed by atoms with E-state index >= 15 is 0 Å². The van der Waals surface area contributed by atoms with Crippen molar-refractivity contribution in [3.8, 4) is 0 Å². The summed E-state index contributed by atoms with van der Waals surface area (Å²) in [6.07, 6.45) is 53.9. The number of hydrogen-bond acceptors (Lipinski definition) is 15. The van der Waals surface area contributed by atoms with E-state index in [2.05, 4.69) is 41.5 Å². The molecule has 0 aromatic heterocycles. The number of aliphatic hydroxyl groups is 1. The number of unbranched alkanes of at least 4 members (excludes halogenated alkanes) is 43. The third-order valence-corrected chi connectivity index (χ3v) is 19.7. The van der Waals surface area contributed by atoms with Gasteiger partial charge in [0, 0.05) is 25.7 Å². The fourth-order valence-electron chi connectivity index (χ4n) is 11.4. The summed E-state index contributed by atoms with van der Waals surface area (Å²) in [5.74, 6) is -0.565. The number of hydrogen-bond donors (Lipinski definition) is 3. The molecule has 3 unspecified atom stereocenters. The maximum Gasteiger partial charge on any atom is 0.472 e. The molecule has 0 aliphatic heterocycles. The second-order valence-corrected chi connectivity index (χ2v) is 30.7. The van der Waals surface area contributed by atoms with Crippen molar-refractivity contribution < 1.29 is 80.2 Å². The zero-order valence-corrected chi connectivity index (χ0v) is 63.1. The first-order valence-electron chi connectivity index (χ1n) is 39.0. The van der Waals surface area contributed by atoms with Crippen LogP contribution in [0, 0.1) is 11.8 Å². The molecule has 0 spiro atoms. The van der Waals surface area contributed by atoms with E-state index in [1.807, 2.05) is 0 Å². The molecule has 558 valence electrons. The van der Waals surface area contributed by atoms with Gasteiger partial charge in [-0.15, -0.1) is 0 Å². The highest BCUT2D eigenvalue weighted by Gasteiger charge is 2.30. The van der Waals surface area contributed by atoms with Crippen molar-refractivity contribution in [1.29, 1.82) is 0 Å². The normalized spacial score (nSPS) is 14.3.